The van der Waals surface area contributed by atoms with Gasteiger partial charge in [-0.3, -0.25) is 4.79 Å². The molecule has 0 saturated heterocycles. The number of carbonyl (C=O) groups is 1. The zero-order chi connectivity index (χ0) is 13.7. The fourth-order valence-corrected chi connectivity index (χ4v) is 1.54. The lowest BCUT2D eigenvalue weighted by molar-refractivity contribution is -0.120. The molecule has 1 aromatic rings. The van der Waals surface area contributed by atoms with Crippen LogP contribution in [-0.2, 0) is 4.79 Å². The van der Waals surface area contributed by atoms with Crippen molar-refractivity contribution in [2.75, 3.05) is 30.9 Å². The van der Waals surface area contributed by atoms with E-state index in [0.29, 0.717) is 5.82 Å². The summed E-state index contributed by atoms with van der Waals surface area (Å²) in [6.07, 6.45) is 0. The number of nitrogens with one attached hydrogen (secondary N) is 2. The number of hydrogen-bond donors (Lipinski definition) is 2. The molecule has 0 fully saturated rings. The molecule has 1 rings (SSSR count). The average Bonchev–Trinajstić information content (AvgIpc) is 2.26. The van der Waals surface area contributed by atoms with Crippen LogP contribution >= 0.6 is 0 Å². The third kappa shape index (κ3) is 4.20. The van der Waals surface area contributed by atoms with Crippen LogP contribution in [0, 0.1) is 6.92 Å². The van der Waals surface area contributed by atoms with Crippen LogP contribution < -0.4 is 15.5 Å². The van der Waals surface area contributed by atoms with Crippen molar-refractivity contribution >= 4 is 17.5 Å². The summed E-state index contributed by atoms with van der Waals surface area (Å²) in [6, 6.07) is 1.96. The Morgan fingerprint density at radius 2 is 2.11 bits per heavy atom. The summed E-state index contributed by atoms with van der Waals surface area (Å²) >= 11 is 0. The van der Waals surface area contributed by atoms with E-state index in [9.17, 15) is 4.79 Å². The van der Waals surface area contributed by atoms with Gasteiger partial charge < -0.3 is 15.5 Å². The van der Waals surface area contributed by atoms with Crippen LogP contribution in [0.3, 0.4) is 0 Å². The van der Waals surface area contributed by atoms with Crippen LogP contribution in [0.2, 0.25) is 0 Å². The van der Waals surface area contributed by atoms with Gasteiger partial charge >= 0.3 is 0 Å². The van der Waals surface area contributed by atoms with Crippen molar-refractivity contribution in [3.8, 4) is 0 Å². The molecule has 1 amide bonds. The molecule has 0 aliphatic carbocycles. The minimum absolute atomic E-state index is 0.0187. The maximum Gasteiger partial charge on any atom is 0.239 e. The third-order valence-electron chi connectivity index (χ3n) is 2.30. The lowest BCUT2D eigenvalue weighted by Crippen LogP contribution is -2.38. The molecule has 0 aliphatic rings. The van der Waals surface area contributed by atoms with E-state index in [-0.39, 0.29) is 18.5 Å². The van der Waals surface area contributed by atoms with E-state index >= 15 is 0 Å². The van der Waals surface area contributed by atoms with Crippen molar-refractivity contribution in [1.29, 1.82) is 0 Å². The molecule has 0 radical (unpaired) electrons. The van der Waals surface area contributed by atoms with E-state index in [1.54, 1.807) is 11.9 Å². The Labute approximate surface area is 108 Å². The van der Waals surface area contributed by atoms with Crippen molar-refractivity contribution in [1.82, 2.24) is 15.3 Å². The Bertz CT molecular complexity index is 419. The van der Waals surface area contributed by atoms with Crippen LogP contribution in [0.25, 0.3) is 0 Å². The first-order valence-electron chi connectivity index (χ1n) is 5.96. The van der Waals surface area contributed by atoms with Crippen LogP contribution in [-0.4, -0.2) is 42.6 Å². The van der Waals surface area contributed by atoms with Crippen LogP contribution in [0.15, 0.2) is 6.07 Å². The highest BCUT2D eigenvalue weighted by Gasteiger charge is 2.11. The first-order chi connectivity index (χ1) is 8.42. The van der Waals surface area contributed by atoms with Gasteiger partial charge in [0, 0.05) is 26.2 Å². The van der Waals surface area contributed by atoms with Crippen LogP contribution in [0.5, 0.6) is 0 Å². The van der Waals surface area contributed by atoms with Gasteiger partial charge in [-0.2, -0.15) is 0 Å². The number of aromatic nitrogens is 2. The van der Waals surface area contributed by atoms with Gasteiger partial charge in [0.05, 0.1) is 6.54 Å². The second-order valence-corrected chi connectivity index (χ2v) is 4.49. The standard InChI is InChI=1S/C12H21N5O/c1-8(2)14-12(18)7-17(5)11-6-10(13-4)15-9(3)16-11/h6,8H,7H2,1-5H3,(H,14,18)(H,13,15,16). The number of anilines is 2. The maximum atomic E-state index is 11.7. The Morgan fingerprint density at radius 1 is 1.44 bits per heavy atom. The molecule has 0 saturated carbocycles. The van der Waals surface area contributed by atoms with Gasteiger partial charge in [0.2, 0.25) is 5.91 Å². The molecule has 0 aromatic carbocycles. The van der Waals surface area contributed by atoms with Gasteiger partial charge in [-0.15, -0.1) is 0 Å². The van der Waals surface area contributed by atoms with Crippen molar-refractivity contribution in [2.24, 2.45) is 0 Å². The Kier molecular flexibility index (Phi) is 4.88. The van der Waals surface area contributed by atoms with E-state index in [4.69, 9.17) is 0 Å². The molecule has 0 unspecified atom stereocenters. The van der Waals surface area contributed by atoms with Crippen molar-refractivity contribution in [3.63, 3.8) is 0 Å². The molecule has 2 N–H and O–H groups in total. The predicted octanol–water partition coefficient (Wildman–Crippen LogP) is 0.788. The lowest BCUT2D eigenvalue weighted by atomic mass is 10.3. The SMILES string of the molecule is CNc1cc(N(C)CC(=O)NC(C)C)nc(C)n1. The quantitative estimate of drug-likeness (QED) is 0.809. The number of rotatable bonds is 5. The molecule has 1 aromatic heterocycles. The largest absolute Gasteiger partial charge is 0.373 e. The molecule has 0 bridgehead atoms. The minimum atomic E-state index is -0.0187. The summed E-state index contributed by atoms with van der Waals surface area (Å²) in [5.41, 5.74) is 0. The molecule has 18 heavy (non-hydrogen) atoms. The lowest BCUT2D eigenvalue weighted by Gasteiger charge is -2.19. The predicted molar refractivity (Wildman–Crippen MR) is 72.9 cm³/mol. The van der Waals surface area contributed by atoms with Crippen molar-refractivity contribution in [2.45, 2.75) is 26.8 Å². The van der Waals surface area contributed by atoms with Gasteiger partial charge in [0.15, 0.2) is 0 Å². The number of likely N-dealkylation sites (N-methyl/N-ethyl adjacent to an activating group) is 1. The fraction of sp³-hybridized carbons (Fsp3) is 0.583. The van der Waals surface area contributed by atoms with Crippen molar-refractivity contribution < 1.29 is 4.79 Å². The summed E-state index contributed by atoms with van der Waals surface area (Å²) in [6.45, 7) is 5.97. The molecular formula is C12H21N5O. The summed E-state index contributed by atoms with van der Waals surface area (Å²) in [4.78, 5) is 22.0. The summed E-state index contributed by atoms with van der Waals surface area (Å²) in [7, 11) is 3.64. The van der Waals surface area contributed by atoms with Gasteiger partial charge in [0.1, 0.15) is 17.5 Å². The highest BCUT2D eigenvalue weighted by molar-refractivity contribution is 5.81. The zero-order valence-electron chi connectivity index (χ0n) is 11.6. The second kappa shape index (κ2) is 6.18. The van der Waals surface area contributed by atoms with E-state index in [1.165, 1.54) is 0 Å². The van der Waals surface area contributed by atoms with Crippen molar-refractivity contribution in [3.05, 3.63) is 11.9 Å². The zero-order valence-corrected chi connectivity index (χ0v) is 11.6. The summed E-state index contributed by atoms with van der Waals surface area (Å²) in [5, 5.41) is 5.82. The molecular weight excluding hydrogens is 230 g/mol. The molecule has 6 nitrogen and oxygen atoms in total. The molecule has 1 heterocycles. The van der Waals surface area contributed by atoms with Crippen LogP contribution in [0.4, 0.5) is 11.6 Å². The van der Waals surface area contributed by atoms with Gasteiger partial charge in [-0.1, -0.05) is 0 Å². The average molecular weight is 251 g/mol. The summed E-state index contributed by atoms with van der Waals surface area (Å²) < 4.78 is 0. The number of amides is 1. The molecule has 0 spiro atoms. The van der Waals surface area contributed by atoms with E-state index in [0.717, 1.165) is 11.6 Å². The summed E-state index contributed by atoms with van der Waals surface area (Å²) in [5.74, 6) is 2.13. The molecule has 100 valence electrons. The molecule has 0 atom stereocenters. The fourth-order valence-electron chi connectivity index (χ4n) is 1.54. The van der Waals surface area contributed by atoms with E-state index in [1.807, 2.05) is 33.9 Å². The number of nitrogens with zero attached hydrogens (tertiary/aromatic N) is 3. The molecule has 0 aliphatic heterocycles. The second-order valence-electron chi connectivity index (χ2n) is 4.49. The van der Waals surface area contributed by atoms with Gasteiger partial charge in [-0.05, 0) is 20.8 Å². The van der Waals surface area contributed by atoms with Gasteiger partial charge in [0.25, 0.3) is 0 Å². The number of carbonyl (C=O) groups excluding carboxylic acids is 1. The van der Waals surface area contributed by atoms with E-state index in [2.05, 4.69) is 20.6 Å². The monoisotopic (exact) mass is 251 g/mol. The van der Waals surface area contributed by atoms with E-state index < -0.39 is 0 Å². The first kappa shape index (κ1) is 14.2. The highest BCUT2D eigenvalue weighted by Crippen LogP contribution is 2.13. The third-order valence-corrected chi connectivity index (χ3v) is 2.30. The maximum absolute atomic E-state index is 11.7. The smallest absolute Gasteiger partial charge is 0.239 e. The molecule has 6 heteroatoms. The topological polar surface area (TPSA) is 70.2 Å². The number of aryl methyl sites for hydroxylation is 1. The Hall–Kier alpha value is -1.85. The van der Waals surface area contributed by atoms with Gasteiger partial charge in [-0.25, -0.2) is 9.97 Å². The van der Waals surface area contributed by atoms with Crippen LogP contribution in [0.1, 0.15) is 19.7 Å². The Balaban J connectivity index is 2.74. The number of hydrogen-bond acceptors (Lipinski definition) is 5. The normalized spacial score (nSPS) is 10.3. The first-order valence-corrected chi connectivity index (χ1v) is 5.96. The minimum Gasteiger partial charge on any atom is -0.373 e. The Morgan fingerprint density at radius 3 is 2.67 bits per heavy atom. The highest BCUT2D eigenvalue weighted by atomic mass is 16.2.